The lowest BCUT2D eigenvalue weighted by atomic mass is 10.1. The fourth-order valence-corrected chi connectivity index (χ4v) is 1.92. The van der Waals surface area contributed by atoms with E-state index in [1.165, 1.54) is 5.56 Å². The zero-order chi connectivity index (χ0) is 14.4. The molecular weight excluding hydrogens is 250 g/mol. The zero-order valence-corrected chi connectivity index (χ0v) is 12.5. The van der Waals surface area contributed by atoms with Gasteiger partial charge in [-0.05, 0) is 25.8 Å². The Bertz CT molecular complexity index is 520. The lowest BCUT2D eigenvalue weighted by molar-refractivity contribution is 0.0185. The van der Waals surface area contributed by atoms with Crippen molar-refractivity contribution in [2.24, 2.45) is 0 Å². The summed E-state index contributed by atoms with van der Waals surface area (Å²) in [5.74, 6) is 0. The molecule has 2 rings (SSSR count). The third-order valence-electron chi connectivity index (χ3n) is 3.43. The van der Waals surface area contributed by atoms with Gasteiger partial charge < -0.3 is 10.1 Å². The fourth-order valence-electron chi connectivity index (χ4n) is 1.92. The second kappa shape index (κ2) is 6.57. The first-order chi connectivity index (χ1) is 9.59. The van der Waals surface area contributed by atoms with Crippen molar-refractivity contribution >= 4 is 5.69 Å². The molecule has 0 saturated heterocycles. The molecular formula is C16H23N3O. The summed E-state index contributed by atoms with van der Waals surface area (Å²) in [6.07, 6.45) is 4.85. The van der Waals surface area contributed by atoms with E-state index in [4.69, 9.17) is 4.74 Å². The Hall–Kier alpha value is -1.81. The van der Waals surface area contributed by atoms with Crippen molar-refractivity contribution in [2.45, 2.75) is 32.4 Å². The van der Waals surface area contributed by atoms with Gasteiger partial charge in [-0.15, -0.1) is 0 Å². The van der Waals surface area contributed by atoms with E-state index >= 15 is 0 Å². The van der Waals surface area contributed by atoms with Gasteiger partial charge in [0.1, 0.15) is 0 Å². The Balaban J connectivity index is 1.84. The first-order valence-electron chi connectivity index (χ1n) is 6.94. The second-order valence-electron chi connectivity index (χ2n) is 5.55. The third kappa shape index (κ3) is 4.38. The summed E-state index contributed by atoms with van der Waals surface area (Å²) in [5.41, 5.74) is 2.21. The molecule has 20 heavy (non-hydrogen) atoms. The van der Waals surface area contributed by atoms with E-state index in [-0.39, 0.29) is 5.60 Å². The van der Waals surface area contributed by atoms with Gasteiger partial charge in [0.05, 0.1) is 24.0 Å². The highest BCUT2D eigenvalue weighted by atomic mass is 16.5. The summed E-state index contributed by atoms with van der Waals surface area (Å²) in [6.45, 7) is 5.85. The van der Waals surface area contributed by atoms with Gasteiger partial charge in [-0.25, -0.2) is 0 Å². The quantitative estimate of drug-likeness (QED) is 0.842. The third-order valence-corrected chi connectivity index (χ3v) is 3.43. The molecule has 0 fully saturated rings. The molecule has 4 nitrogen and oxygen atoms in total. The van der Waals surface area contributed by atoms with E-state index in [0.717, 1.165) is 25.2 Å². The molecule has 0 radical (unpaired) electrons. The van der Waals surface area contributed by atoms with Crippen LogP contribution in [0, 0.1) is 0 Å². The molecule has 0 spiro atoms. The molecule has 1 heterocycles. The minimum atomic E-state index is -0.0902. The van der Waals surface area contributed by atoms with Gasteiger partial charge in [-0.3, -0.25) is 4.68 Å². The minimum Gasteiger partial charge on any atom is -0.382 e. The lowest BCUT2D eigenvalue weighted by Crippen LogP contribution is -2.25. The van der Waals surface area contributed by atoms with E-state index in [2.05, 4.69) is 36.4 Å². The number of ether oxygens (including phenoxy) is 1. The first-order valence-corrected chi connectivity index (χ1v) is 6.94. The maximum atomic E-state index is 5.40. The lowest BCUT2D eigenvalue weighted by Gasteiger charge is -2.22. The van der Waals surface area contributed by atoms with Crippen LogP contribution in [0.15, 0.2) is 42.7 Å². The van der Waals surface area contributed by atoms with Crippen LogP contribution >= 0.6 is 0 Å². The summed E-state index contributed by atoms with van der Waals surface area (Å²) in [7, 11) is 1.75. The molecule has 2 aromatic rings. The van der Waals surface area contributed by atoms with Gasteiger partial charge in [0.25, 0.3) is 0 Å². The highest BCUT2D eigenvalue weighted by molar-refractivity contribution is 5.38. The van der Waals surface area contributed by atoms with E-state index in [1.807, 2.05) is 35.3 Å². The highest BCUT2D eigenvalue weighted by Crippen LogP contribution is 2.14. The summed E-state index contributed by atoms with van der Waals surface area (Å²) in [4.78, 5) is 0. The predicted octanol–water partition coefficient (Wildman–Crippen LogP) is 3.16. The van der Waals surface area contributed by atoms with Crippen molar-refractivity contribution in [2.75, 3.05) is 19.0 Å². The predicted molar refractivity (Wildman–Crippen MR) is 82.0 cm³/mol. The van der Waals surface area contributed by atoms with Crippen LogP contribution in [0.5, 0.6) is 0 Å². The smallest absolute Gasteiger partial charge is 0.0726 e. The van der Waals surface area contributed by atoms with E-state index in [1.54, 1.807) is 7.11 Å². The Morgan fingerprint density at radius 2 is 2.00 bits per heavy atom. The molecule has 1 N–H and O–H groups in total. The van der Waals surface area contributed by atoms with Crippen LogP contribution in [-0.2, 0) is 11.3 Å². The number of nitrogens with zero attached hydrogens (tertiary/aromatic N) is 2. The number of benzene rings is 1. The molecule has 0 amide bonds. The summed E-state index contributed by atoms with van der Waals surface area (Å²) >= 11 is 0. The largest absolute Gasteiger partial charge is 0.382 e. The van der Waals surface area contributed by atoms with Crippen LogP contribution < -0.4 is 5.32 Å². The topological polar surface area (TPSA) is 39.1 Å². The van der Waals surface area contributed by atoms with Crippen molar-refractivity contribution in [3.05, 3.63) is 48.3 Å². The molecule has 1 aromatic heterocycles. The summed E-state index contributed by atoms with van der Waals surface area (Å²) < 4.78 is 7.34. The standard InChI is InChI=1S/C16H23N3O/c1-16(2,20-3)9-10-17-15-11-18-19(13-15)12-14-7-5-4-6-8-14/h4-8,11,13,17H,9-10,12H2,1-3H3. The van der Waals surface area contributed by atoms with Crippen molar-refractivity contribution in [1.82, 2.24) is 9.78 Å². The van der Waals surface area contributed by atoms with Gasteiger partial charge >= 0.3 is 0 Å². The molecule has 1 aromatic carbocycles. The van der Waals surface area contributed by atoms with Gasteiger partial charge in [-0.1, -0.05) is 30.3 Å². The number of rotatable bonds is 7. The first kappa shape index (κ1) is 14.6. The molecule has 0 saturated carbocycles. The fraction of sp³-hybridized carbons (Fsp3) is 0.438. The van der Waals surface area contributed by atoms with Crippen molar-refractivity contribution in [3.8, 4) is 0 Å². The average Bonchev–Trinajstić information content (AvgIpc) is 2.87. The average molecular weight is 273 g/mol. The molecule has 0 aliphatic rings. The minimum absolute atomic E-state index is 0.0902. The number of methoxy groups -OCH3 is 1. The molecule has 0 aliphatic heterocycles. The second-order valence-corrected chi connectivity index (χ2v) is 5.55. The molecule has 0 aliphatic carbocycles. The van der Waals surface area contributed by atoms with Crippen LogP contribution in [0.25, 0.3) is 0 Å². The maximum Gasteiger partial charge on any atom is 0.0726 e. The zero-order valence-electron chi connectivity index (χ0n) is 12.5. The van der Waals surface area contributed by atoms with Crippen LogP contribution in [0.3, 0.4) is 0 Å². The molecule has 0 unspecified atom stereocenters. The maximum absolute atomic E-state index is 5.40. The van der Waals surface area contributed by atoms with Crippen LogP contribution in [-0.4, -0.2) is 29.0 Å². The van der Waals surface area contributed by atoms with Crippen LogP contribution in [0.4, 0.5) is 5.69 Å². The van der Waals surface area contributed by atoms with Crippen molar-refractivity contribution in [1.29, 1.82) is 0 Å². The molecule has 4 heteroatoms. The Morgan fingerprint density at radius 1 is 1.25 bits per heavy atom. The SMILES string of the molecule is COC(C)(C)CCNc1cnn(Cc2ccccc2)c1. The Kier molecular flexibility index (Phi) is 4.79. The van der Waals surface area contributed by atoms with Gasteiger partial charge in [0.2, 0.25) is 0 Å². The monoisotopic (exact) mass is 273 g/mol. The van der Waals surface area contributed by atoms with Gasteiger partial charge in [0.15, 0.2) is 0 Å². The normalized spacial score (nSPS) is 11.6. The summed E-state index contributed by atoms with van der Waals surface area (Å²) in [5, 5.41) is 7.75. The summed E-state index contributed by atoms with van der Waals surface area (Å²) in [6, 6.07) is 10.3. The molecule has 108 valence electrons. The van der Waals surface area contributed by atoms with Crippen molar-refractivity contribution < 1.29 is 4.74 Å². The van der Waals surface area contributed by atoms with Crippen molar-refractivity contribution in [3.63, 3.8) is 0 Å². The van der Waals surface area contributed by atoms with Crippen LogP contribution in [0.1, 0.15) is 25.8 Å². The number of aromatic nitrogens is 2. The Labute approximate surface area is 120 Å². The van der Waals surface area contributed by atoms with Gasteiger partial charge in [0, 0.05) is 19.9 Å². The van der Waals surface area contributed by atoms with E-state index in [9.17, 15) is 0 Å². The van der Waals surface area contributed by atoms with E-state index in [0.29, 0.717) is 0 Å². The number of anilines is 1. The number of hydrogen-bond donors (Lipinski definition) is 1. The van der Waals surface area contributed by atoms with E-state index < -0.39 is 0 Å². The van der Waals surface area contributed by atoms with Crippen LogP contribution in [0.2, 0.25) is 0 Å². The Morgan fingerprint density at radius 3 is 2.70 bits per heavy atom. The highest BCUT2D eigenvalue weighted by Gasteiger charge is 2.15. The number of hydrogen-bond acceptors (Lipinski definition) is 3. The molecule has 0 bridgehead atoms. The van der Waals surface area contributed by atoms with Gasteiger partial charge in [-0.2, -0.15) is 5.10 Å². The number of nitrogens with one attached hydrogen (secondary N) is 1. The molecule has 0 atom stereocenters.